The summed E-state index contributed by atoms with van der Waals surface area (Å²) in [4.78, 5) is 26.7. The smallest absolute Gasteiger partial charge is 0.253 e. The van der Waals surface area contributed by atoms with Crippen LogP contribution in [0.15, 0.2) is 24.3 Å². The Labute approximate surface area is 157 Å². The number of carbonyl (C=O) groups is 2. The maximum absolute atomic E-state index is 12.6. The van der Waals surface area contributed by atoms with Gasteiger partial charge in [0, 0.05) is 31.1 Å². The van der Waals surface area contributed by atoms with E-state index in [1.807, 2.05) is 36.1 Å². The van der Waals surface area contributed by atoms with Crippen molar-refractivity contribution in [1.82, 2.24) is 10.2 Å². The molecule has 3 rings (SSSR count). The number of rotatable bonds is 5. The highest BCUT2D eigenvalue weighted by Gasteiger charge is 2.24. The van der Waals surface area contributed by atoms with Crippen molar-refractivity contribution in [1.29, 1.82) is 0 Å². The molecule has 0 bridgehead atoms. The highest BCUT2D eigenvalue weighted by Crippen LogP contribution is 2.27. The van der Waals surface area contributed by atoms with Gasteiger partial charge in [-0.25, -0.2) is 0 Å². The fraction of sp³-hybridized carbons (Fsp3) is 0.636. The van der Waals surface area contributed by atoms with Gasteiger partial charge >= 0.3 is 0 Å². The van der Waals surface area contributed by atoms with Gasteiger partial charge in [0.15, 0.2) is 0 Å². The maximum atomic E-state index is 12.6. The monoisotopic (exact) mass is 356 g/mol. The molecule has 1 N–H and O–H groups in total. The fourth-order valence-corrected chi connectivity index (χ4v) is 4.22. The number of piperidine rings is 1. The Morgan fingerprint density at radius 2 is 1.65 bits per heavy atom. The van der Waals surface area contributed by atoms with Crippen molar-refractivity contribution in [2.24, 2.45) is 5.92 Å². The van der Waals surface area contributed by atoms with E-state index in [0.717, 1.165) is 49.4 Å². The van der Waals surface area contributed by atoms with Crippen molar-refractivity contribution in [2.45, 2.75) is 70.8 Å². The lowest BCUT2D eigenvalue weighted by molar-refractivity contribution is -0.122. The number of amides is 2. The number of aryl methyl sites for hydroxylation is 1. The van der Waals surface area contributed by atoms with Crippen LogP contribution in [-0.4, -0.2) is 35.8 Å². The normalized spacial score (nSPS) is 19.3. The minimum absolute atomic E-state index is 0.104. The molecule has 26 heavy (non-hydrogen) atoms. The molecule has 0 radical (unpaired) electrons. The van der Waals surface area contributed by atoms with Crippen molar-refractivity contribution in [2.75, 3.05) is 13.1 Å². The molecule has 1 saturated carbocycles. The molecule has 0 unspecified atom stereocenters. The number of benzene rings is 1. The Bertz CT molecular complexity index is 597. The molecule has 2 amide bonds. The van der Waals surface area contributed by atoms with E-state index in [9.17, 15) is 9.59 Å². The van der Waals surface area contributed by atoms with Crippen molar-refractivity contribution in [3.05, 3.63) is 35.4 Å². The lowest BCUT2D eigenvalue weighted by Crippen LogP contribution is -2.46. The number of hydrogen-bond donors (Lipinski definition) is 1. The summed E-state index contributed by atoms with van der Waals surface area (Å²) < 4.78 is 0. The standard InChI is InChI=1S/C22H32N2O2/c1-17-7-10-19(11-8-17)22(26)24-15-13-20(14-16-24)23-21(25)12-9-18-5-3-2-4-6-18/h7-8,10-11,18,20H,2-6,9,12-16H2,1H3,(H,23,25). The van der Waals surface area contributed by atoms with Crippen molar-refractivity contribution in [3.63, 3.8) is 0 Å². The van der Waals surface area contributed by atoms with Gasteiger partial charge in [0.1, 0.15) is 0 Å². The zero-order valence-electron chi connectivity index (χ0n) is 16.0. The number of nitrogens with one attached hydrogen (secondary N) is 1. The number of nitrogens with zero attached hydrogens (tertiary/aromatic N) is 1. The van der Waals surface area contributed by atoms with Crippen molar-refractivity contribution in [3.8, 4) is 0 Å². The minimum Gasteiger partial charge on any atom is -0.353 e. The number of carbonyl (C=O) groups excluding carboxylic acids is 2. The lowest BCUT2D eigenvalue weighted by Gasteiger charge is -2.32. The summed E-state index contributed by atoms with van der Waals surface area (Å²) in [5.41, 5.74) is 1.92. The molecule has 142 valence electrons. The highest BCUT2D eigenvalue weighted by molar-refractivity contribution is 5.94. The fourth-order valence-electron chi connectivity index (χ4n) is 4.22. The zero-order chi connectivity index (χ0) is 18.4. The first-order valence-corrected chi connectivity index (χ1v) is 10.3. The second kappa shape index (κ2) is 9.20. The predicted octanol–water partition coefficient (Wildman–Crippen LogP) is 4.08. The van der Waals surface area contributed by atoms with Gasteiger partial charge in [-0.2, -0.15) is 0 Å². The topological polar surface area (TPSA) is 49.4 Å². The molecule has 0 atom stereocenters. The van der Waals surface area contributed by atoms with Crippen LogP contribution >= 0.6 is 0 Å². The van der Waals surface area contributed by atoms with Gasteiger partial charge in [-0.1, -0.05) is 49.8 Å². The van der Waals surface area contributed by atoms with Crippen LogP contribution < -0.4 is 5.32 Å². The van der Waals surface area contributed by atoms with Crippen LogP contribution in [-0.2, 0) is 4.79 Å². The molecular formula is C22H32N2O2. The molecule has 1 aromatic carbocycles. The lowest BCUT2D eigenvalue weighted by atomic mass is 9.86. The Kier molecular flexibility index (Phi) is 6.70. The first kappa shape index (κ1) is 18.9. The number of hydrogen-bond acceptors (Lipinski definition) is 2. The molecule has 1 aromatic rings. The molecule has 2 fully saturated rings. The van der Waals surface area contributed by atoms with E-state index < -0.39 is 0 Å². The molecular weight excluding hydrogens is 324 g/mol. The largest absolute Gasteiger partial charge is 0.353 e. The molecule has 0 spiro atoms. The van der Waals surface area contributed by atoms with Crippen LogP contribution in [0.1, 0.15) is 73.7 Å². The molecule has 1 aliphatic heterocycles. The average Bonchev–Trinajstić information content (AvgIpc) is 2.68. The summed E-state index contributed by atoms with van der Waals surface area (Å²) in [6.45, 7) is 3.47. The summed E-state index contributed by atoms with van der Waals surface area (Å²) in [6, 6.07) is 7.98. The molecule has 1 saturated heterocycles. The van der Waals surface area contributed by atoms with Gasteiger partial charge in [-0.05, 0) is 44.2 Å². The maximum Gasteiger partial charge on any atom is 0.253 e. The van der Waals surface area contributed by atoms with Crippen molar-refractivity contribution >= 4 is 11.8 Å². The Morgan fingerprint density at radius 1 is 1.00 bits per heavy atom. The van der Waals surface area contributed by atoms with Gasteiger partial charge in [0.2, 0.25) is 5.91 Å². The van der Waals surface area contributed by atoms with Crippen molar-refractivity contribution < 1.29 is 9.59 Å². The van der Waals surface area contributed by atoms with Gasteiger partial charge in [0.05, 0.1) is 0 Å². The Morgan fingerprint density at radius 3 is 2.31 bits per heavy atom. The molecule has 0 aromatic heterocycles. The summed E-state index contributed by atoms with van der Waals surface area (Å²) in [5.74, 6) is 1.05. The van der Waals surface area contributed by atoms with Crippen LogP contribution in [0, 0.1) is 12.8 Å². The minimum atomic E-state index is 0.104. The summed E-state index contributed by atoms with van der Waals surface area (Å²) in [6.07, 6.45) is 10.0. The molecule has 1 aliphatic carbocycles. The van der Waals surface area contributed by atoms with E-state index in [2.05, 4.69) is 5.32 Å². The van der Waals surface area contributed by atoms with Crippen LogP contribution in [0.2, 0.25) is 0 Å². The third-order valence-electron chi connectivity index (χ3n) is 5.95. The summed E-state index contributed by atoms with van der Waals surface area (Å²) in [5, 5.41) is 3.19. The van der Waals surface area contributed by atoms with E-state index in [1.165, 1.54) is 32.1 Å². The second-order valence-corrected chi connectivity index (χ2v) is 8.04. The first-order chi connectivity index (χ1) is 12.6. The van der Waals surface area contributed by atoms with E-state index in [0.29, 0.717) is 6.42 Å². The van der Waals surface area contributed by atoms with E-state index in [-0.39, 0.29) is 17.9 Å². The van der Waals surface area contributed by atoms with Gasteiger partial charge in [-0.15, -0.1) is 0 Å². The van der Waals surface area contributed by atoms with Gasteiger partial charge < -0.3 is 10.2 Å². The molecule has 2 aliphatic rings. The molecule has 1 heterocycles. The number of likely N-dealkylation sites (tertiary alicyclic amines) is 1. The summed E-state index contributed by atoms with van der Waals surface area (Å²) >= 11 is 0. The second-order valence-electron chi connectivity index (χ2n) is 8.04. The molecule has 4 nitrogen and oxygen atoms in total. The van der Waals surface area contributed by atoms with Gasteiger partial charge in [0.25, 0.3) is 5.91 Å². The van der Waals surface area contributed by atoms with Gasteiger partial charge in [-0.3, -0.25) is 9.59 Å². The predicted molar refractivity (Wildman–Crippen MR) is 104 cm³/mol. The van der Waals surface area contributed by atoms with E-state index in [4.69, 9.17) is 0 Å². The first-order valence-electron chi connectivity index (χ1n) is 10.3. The van der Waals surface area contributed by atoms with Crippen LogP contribution in [0.4, 0.5) is 0 Å². The Balaban J connectivity index is 1.38. The molecule has 4 heteroatoms. The third kappa shape index (κ3) is 5.33. The van der Waals surface area contributed by atoms with Crippen LogP contribution in [0.5, 0.6) is 0 Å². The zero-order valence-corrected chi connectivity index (χ0v) is 16.0. The van der Waals surface area contributed by atoms with E-state index >= 15 is 0 Å². The highest BCUT2D eigenvalue weighted by atomic mass is 16.2. The Hall–Kier alpha value is -1.84. The van der Waals surface area contributed by atoms with Crippen LogP contribution in [0.3, 0.4) is 0 Å². The summed E-state index contributed by atoms with van der Waals surface area (Å²) in [7, 11) is 0. The quantitative estimate of drug-likeness (QED) is 0.864. The van der Waals surface area contributed by atoms with E-state index in [1.54, 1.807) is 0 Å². The average molecular weight is 357 g/mol. The SMILES string of the molecule is Cc1ccc(C(=O)N2CCC(NC(=O)CCC3CCCCC3)CC2)cc1. The third-order valence-corrected chi connectivity index (χ3v) is 5.95. The van der Waals surface area contributed by atoms with Crippen LogP contribution in [0.25, 0.3) is 0 Å².